The Kier molecular flexibility index (Phi) is 5.38. The molecule has 0 aliphatic heterocycles. The molecule has 3 aromatic rings. The number of esters is 1. The lowest BCUT2D eigenvalue weighted by Crippen LogP contribution is -2.14. The molecule has 0 bridgehead atoms. The standard InChI is InChI=1S/C21H22N2O4S/c1-12-15(10-22-27-12)18(24)23-19-17(20(25)26-5)16(11-28-19)13-6-8-14(9-7-13)21(2,3)4/h6-11H,1-5H3,(H,23,24). The van der Waals surface area contributed by atoms with Crippen LogP contribution < -0.4 is 5.32 Å². The second kappa shape index (κ2) is 7.59. The number of nitrogens with zero attached hydrogens (tertiary/aromatic N) is 1. The van der Waals surface area contributed by atoms with Crippen molar-refractivity contribution in [3.63, 3.8) is 0 Å². The molecule has 3 rings (SSSR count). The number of thiophene rings is 1. The summed E-state index contributed by atoms with van der Waals surface area (Å²) < 4.78 is 9.89. The Hall–Kier alpha value is -2.93. The monoisotopic (exact) mass is 398 g/mol. The van der Waals surface area contributed by atoms with Crippen molar-refractivity contribution in [1.82, 2.24) is 5.16 Å². The fourth-order valence-corrected chi connectivity index (χ4v) is 3.76. The van der Waals surface area contributed by atoms with Gasteiger partial charge in [0, 0.05) is 10.9 Å². The normalized spacial score (nSPS) is 11.3. The minimum Gasteiger partial charge on any atom is -0.465 e. The molecular weight excluding hydrogens is 376 g/mol. The largest absolute Gasteiger partial charge is 0.465 e. The molecule has 2 aromatic heterocycles. The van der Waals surface area contributed by atoms with Gasteiger partial charge in [-0.3, -0.25) is 4.79 Å². The molecule has 0 aliphatic carbocycles. The van der Waals surface area contributed by atoms with Crippen LogP contribution in [0.3, 0.4) is 0 Å². The van der Waals surface area contributed by atoms with Crippen molar-refractivity contribution < 1.29 is 18.8 Å². The molecule has 0 aliphatic rings. The van der Waals surface area contributed by atoms with Crippen LogP contribution in [0.4, 0.5) is 5.00 Å². The molecule has 0 saturated carbocycles. The number of nitrogens with one attached hydrogen (secondary N) is 1. The summed E-state index contributed by atoms with van der Waals surface area (Å²) in [5.74, 6) is -0.486. The Bertz CT molecular complexity index is 1010. The molecule has 0 fully saturated rings. The average Bonchev–Trinajstić information content (AvgIpc) is 3.26. The molecule has 1 aromatic carbocycles. The highest BCUT2D eigenvalue weighted by atomic mass is 32.1. The van der Waals surface area contributed by atoms with E-state index >= 15 is 0 Å². The third-order valence-corrected chi connectivity index (χ3v) is 5.36. The van der Waals surface area contributed by atoms with Gasteiger partial charge in [0.1, 0.15) is 21.9 Å². The maximum Gasteiger partial charge on any atom is 0.341 e. The Labute approximate surface area is 167 Å². The topological polar surface area (TPSA) is 81.4 Å². The lowest BCUT2D eigenvalue weighted by atomic mass is 9.86. The first-order chi connectivity index (χ1) is 13.2. The lowest BCUT2D eigenvalue weighted by Gasteiger charge is -2.19. The van der Waals surface area contributed by atoms with Crippen LogP contribution in [-0.2, 0) is 10.2 Å². The van der Waals surface area contributed by atoms with Crippen LogP contribution in [0.25, 0.3) is 11.1 Å². The number of aromatic nitrogens is 1. The van der Waals surface area contributed by atoms with Crippen molar-refractivity contribution in [2.45, 2.75) is 33.1 Å². The van der Waals surface area contributed by atoms with E-state index in [1.54, 1.807) is 6.92 Å². The zero-order valence-corrected chi connectivity index (χ0v) is 17.3. The summed E-state index contributed by atoms with van der Waals surface area (Å²) in [5, 5.41) is 8.65. The minimum atomic E-state index is -0.506. The molecular formula is C21H22N2O4S. The van der Waals surface area contributed by atoms with Crippen molar-refractivity contribution in [3.8, 4) is 11.1 Å². The van der Waals surface area contributed by atoms with Gasteiger partial charge in [0.25, 0.3) is 5.91 Å². The van der Waals surface area contributed by atoms with Crippen LogP contribution in [0.1, 0.15) is 52.8 Å². The van der Waals surface area contributed by atoms with Gasteiger partial charge in [0.2, 0.25) is 0 Å². The second-order valence-electron chi connectivity index (χ2n) is 7.42. The van der Waals surface area contributed by atoms with E-state index in [0.717, 1.165) is 11.1 Å². The molecule has 0 atom stereocenters. The van der Waals surface area contributed by atoms with Gasteiger partial charge in [0.05, 0.1) is 13.3 Å². The molecule has 1 amide bonds. The quantitative estimate of drug-likeness (QED) is 0.622. The van der Waals surface area contributed by atoms with Crippen LogP contribution in [-0.4, -0.2) is 24.1 Å². The Morgan fingerprint density at radius 2 is 1.86 bits per heavy atom. The summed E-state index contributed by atoms with van der Waals surface area (Å²) in [4.78, 5) is 25.0. The van der Waals surface area contributed by atoms with Crippen LogP contribution in [0.15, 0.2) is 40.4 Å². The predicted molar refractivity (Wildman–Crippen MR) is 109 cm³/mol. The number of anilines is 1. The van der Waals surface area contributed by atoms with Crippen LogP contribution in [0.5, 0.6) is 0 Å². The van der Waals surface area contributed by atoms with Gasteiger partial charge < -0.3 is 14.6 Å². The minimum absolute atomic E-state index is 0.0357. The third-order valence-electron chi connectivity index (χ3n) is 4.46. The number of rotatable bonds is 4. The molecule has 7 heteroatoms. The number of methoxy groups -OCH3 is 1. The van der Waals surface area contributed by atoms with Crippen molar-refractivity contribution in [1.29, 1.82) is 0 Å². The summed E-state index contributed by atoms with van der Waals surface area (Å²) >= 11 is 1.27. The van der Waals surface area contributed by atoms with Gasteiger partial charge in [-0.05, 0) is 23.5 Å². The van der Waals surface area contributed by atoms with Crippen molar-refractivity contribution in [2.75, 3.05) is 12.4 Å². The molecule has 0 saturated heterocycles. The third kappa shape index (κ3) is 3.84. The Morgan fingerprint density at radius 3 is 2.39 bits per heavy atom. The van der Waals surface area contributed by atoms with E-state index in [9.17, 15) is 9.59 Å². The van der Waals surface area contributed by atoms with E-state index in [0.29, 0.717) is 21.9 Å². The van der Waals surface area contributed by atoms with E-state index in [-0.39, 0.29) is 11.3 Å². The molecule has 0 unspecified atom stereocenters. The first kappa shape index (κ1) is 19.8. The number of aryl methyl sites for hydroxylation is 1. The van der Waals surface area contributed by atoms with Gasteiger partial charge in [-0.25, -0.2) is 4.79 Å². The number of carbonyl (C=O) groups is 2. The SMILES string of the molecule is COC(=O)c1c(-c2ccc(C(C)(C)C)cc2)csc1NC(=O)c1cnoc1C. The molecule has 2 heterocycles. The Morgan fingerprint density at radius 1 is 1.18 bits per heavy atom. The first-order valence-electron chi connectivity index (χ1n) is 8.75. The maximum atomic E-state index is 12.5. The number of carbonyl (C=O) groups excluding carboxylic acids is 2. The second-order valence-corrected chi connectivity index (χ2v) is 8.30. The summed E-state index contributed by atoms with van der Waals surface area (Å²) in [6.45, 7) is 8.09. The van der Waals surface area contributed by atoms with Crippen molar-refractivity contribution >= 4 is 28.2 Å². The number of hydrogen-bond donors (Lipinski definition) is 1. The lowest BCUT2D eigenvalue weighted by molar-refractivity contribution is 0.0603. The molecule has 1 N–H and O–H groups in total. The number of benzene rings is 1. The summed E-state index contributed by atoms with van der Waals surface area (Å²) in [7, 11) is 1.32. The van der Waals surface area contributed by atoms with Gasteiger partial charge in [-0.15, -0.1) is 11.3 Å². The molecule has 146 valence electrons. The van der Waals surface area contributed by atoms with Crippen molar-refractivity contribution in [3.05, 3.63) is 58.3 Å². The summed E-state index contributed by atoms with van der Waals surface area (Å²) in [5.41, 5.74) is 3.48. The van der Waals surface area contributed by atoms with Gasteiger partial charge in [0.15, 0.2) is 0 Å². The highest BCUT2D eigenvalue weighted by Crippen LogP contribution is 2.37. The van der Waals surface area contributed by atoms with E-state index in [4.69, 9.17) is 9.26 Å². The first-order valence-corrected chi connectivity index (χ1v) is 9.63. The van der Waals surface area contributed by atoms with Crippen LogP contribution in [0, 0.1) is 6.92 Å². The van der Waals surface area contributed by atoms with Gasteiger partial charge in [-0.1, -0.05) is 50.2 Å². The summed E-state index contributed by atoms with van der Waals surface area (Å²) in [6.07, 6.45) is 1.35. The van der Waals surface area contributed by atoms with Gasteiger partial charge >= 0.3 is 5.97 Å². The van der Waals surface area contributed by atoms with E-state index < -0.39 is 5.97 Å². The smallest absolute Gasteiger partial charge is 0.341 e. The predicted octanol–water partition coefficient (Wildman–Crippen LogP) is 5.05. The molecule has 6 nitrogen and oxygen atoms in total. The number of amides is 1. The van der Waals surface area contributed by atoms with Gasteiger partial charge in [-0.2, -0.15) is 0 Å². The number of ether oxygens (including phenoxy) is 1. The van der Waals surface area contributed by atoms with Crippen molar-refractivity contribution in [2.24, 2.45) is 0 Å². The van der Waals surface area contributed by atoms with E-state index in [2.05, 4.69) is 31.2 Å². The fourth-order valence-electron chi connectivity index (χ4n) is 2.80. The fraction of sp³-hybridized carbons (Fsp3) is 0.286. The Balaban J connectivity index is 1.98. The maximum absolute atomic E-state index is 12.5. The van der Waals surface area contributed by atoms with Crippen LogP contribution >= 0.6 is 11.3 Å². The molecule has 28 heavy (non-hydrogen) atoms. The van der Waals surface area contributed by atoms with E-state index in [1.165, 1.54) is 30.2 Å². The van der Waals surface area contributed by atoms with Crippen LogP contribution in [0.2, 0.25) is 0 Å². The number of hydrogen-bond acceptors (Lipinski definition) is 6. The zero-order chi connectivity index (χ0) is 20.5. The average molecular weight is 398 g/mol. The molecule has 0 radical (unpaired) electrons. The highest BCUT2D eigenvalue weighted by Gasteiger charge is 2.24. The molecule has 0 spiro atoms. The van der Waals surface area contributed by atoms with E-state index in [1.807, 2.05) is 29.6 Å². The zero-order valence-electron chi connectivity index (χ0n) is 16.5. The highest BCUT2D eigenvalue weighted by molar-refractivity contribution is 7.15. The summed E-state index contributed by atoms with van der Waals surface area (Å²) in [6, 6.07) is 8.05.